The third kappa shape index (κ3) is 3.16. The van der Waals surface area contributed by atoms with Crippen LogP contribution in [0.1, 0.15) is 11.1 Å². The van der Waals surface area contributed by atoms with Crippen LogP contribution in [0.3, 0.4) is 0 Å². The van der Waals surface area contributed by atoms with E-state index in [0.717, 1.165) is 5.56 Å². The molecule has 0 amide bonds. The number of rotatable bonds is 4. The summed E-state index contributed by atoms with van der Waals surface area (Å²) in [7, 11) is -2.19. The fourth-order valence-corrected chi connectivity index (χ4v) is 1.82. The highest BCUT2D eigenvalue weighted by Crippen LogP contribution is 2.17. The molecule has 0 bridgehead atoms. The predicted octanol–water partition coefficient (Wildman–Crippen LogP) is 0.505. The lowest BCUT2D eigenvalue weighted by Crippen LogP contribution is -2.27. The van der Waals surface area contributed by atoms with Gasteiger partial charge in [0, 0.05) is 12.6 Å². The van der Waals surface area contributed by atoms with E-state index in [-0.39, 0.29) is 4.99 Å². The molecule has 1 aromatic rings. The Kier molecular flexibility index (Phi) is 3.84. The Bertz CT molecular complexity index is 511. The SMILES string of the molecule is CNS(=O)(=O)Nc1cc(C(N)=S)ccc1C. The van der Waals surface area contributed by atoms with Gasteiger partial charge in [-0.3, -0.25) is 4.72 Å². The number of anilines is 1. The van der Waals surface area contributed by atoms with E-state index in [1.54, 1.807) is 25.1 Å². The van der Waals surface area contributed by atoms with Crippen LogP contribution in [0.25, 0.3) is 0 Å². The van der Waals surface area contributed by atoms with Gasteiger partial charge in [-0.05, 0) is 18.6 Å². The summed E-state index contributed by atoms with van der Waals surface area (Å²) in [5.41, 5.74) is 7.34. The van der Waals surface area contributed by atoms with Crippen LogP contribution < -0.4 is 15.2 Å². The molecule has 7 heteroatoms. The Morgan fingerprint density at radius 2 is 2.06 bits per heavy atom. The van der Waals surface area contributed by atoms with Crippen molar-refractivity contribution in [2.75, 3.05) is 11.8 Å². The van der Waals surface area contributed by atoms with Crippen LogP contribution in [0.4, 0.5) is 5.69 Å². The zero-order valence-corrected chi connectivity index (χ0v) is 10.6. The number of benzene rings is 1. The molecule has 0 unspecified atom stereocenters. The zero-order chi connectivity index (χ0) is 12.3. The summed E-state index contributed by atoms with van der Waals surface area (Å²) in [6.45, 7) is 1.79. The molecule has 4 N–H and O–H groups in total. The van der Waals surface area contributed by atoms with E-state index in [0.29, 0.717) is 11.3 Å². The standard InChI is InChI=1S/C9H13N3O2S2/c1-6-3-4-7(9(10)15)5-8(6)12-16(13,14)11-2/h3-5,11-12H,1-2H3,(H2,10,15). The van der Waals surface area contributed by atoms with Gasteiger partial charge in [0.1, 0.15) is 4.99 Å². The number of hydrogen-bond donors (Lipinski definition) is 3. The molecule has 0 aliphatic carbocycles. The number of nitrogens with one attached hydrogen (secondary N) is 2. The molecule has 1 rings (SSSR count). The van der Waals surface area contributed by atoms with Crippen molar-refractivity contribution >= 4 is 33.1 Å². The lowest BCUT2D eigenvalue weighted by atomic mass is 10.1. The lowest BCUT2D eigenvalue weighted by Gasteiger charge is -2.10. The molecule has 0 saturated carbocycles. The maximum atomic E-state index is 11.3. The first kappa shape index (κ1) is 12.9. The van der Waals surface area contributed by atoms with Crippen molar-refractivity contribution in [3.05, 3.63) is 29.3 Å². The predicted molar refractivity (Wildman–Crippen MR) is 68.7 cm³/mol. The minimum atomic E-state index is -3.52. The van der Waals surface area contributed by atoms with Gasteiger partial charge in [0.05, 0.1) is 5.69 Å². The number of nitrogens with two attached hydrogens (primary N) is 1. The molecule has 0 spiro atoms. The van der Waals surface area contributed by atoms with E-state index in [4.69, 9.17) is 18.0 Å². The van der Waals surface area contributed by atoms with Crippen LogP contribution in [0, 0.1) is 6.92 Å². The molecular weight excluding hydrogens is 246 g/mol. The highest BCUT2D eigenvalue weighted by molar-refractivity contribution is 7.90. The van der Waals surface area contributed by atoms with E-state index in [2.05, 4.69) is 9.44 Å². The highest BCUT2D eigenvalue weighted by atomic mass is 32.2. The van der Waals surface area contributed by atoms with Crippen LogP contribution in [-0.4, -0.2) is 20.5 Å². The van der Waals surface area contributed by atoms with Crippen LogP contribution in [-0.2, 0) is 10.2 Å². The minimum absolute atomic E-state index is 0.227. The Balaban J connectivity index is 3.13. The largest absolute Gasteiger partial charge is 0.389 e. The fourth-order valence-electron chi connectivity index (χ4n) is 1.08. The van der Waals surface area contributed by atoms with Gasteiger partial charge in [-0.2, -0.15) is 8.42 Å². The van der Waals surface area contributed by atoms with E-state index < -0.39 is 10.2 Å². The third-order valence-corrected chi connectivity index (χ3v) is 3.30. The second kappa shape index (κ2) is 4.77. The lowest BCUT2D eigenvalue weighted by molar-refractivity contribution is 0.593. The van der Waals surface area contributed by atoms with Crippen molar-refractivity contribution in [3.63, 3.8) is 0 Å². The average molecular weight is 259 g/mol. The summed E-state index contributed by atoms with van der Waals surface area (Å²) in [6.07, 6.45) is 0. The second-order valence-corrected chi connectivity index (χ2v) is 5.26. The van der Waals surface area contributed by atoms with Crippen LogP contribution >= 0.6 is 12.2 Å². The van der Waals surface area contributed by atoms with E-state index in [1.165, 1.54) is 7.05 Å². The number of hydrogen-bond acceptors (Lipinski definition) is 3. The Labute approximate surface area is 100 Å². The molecule has 0 fully saturated rings. The molecule has 0 heterocycles. The molecule has 0 aliphatic heterocycles. The van der Waals surface area contributed by atoms with Crippen LogP contribution in [0.15, 0.2) is 18.2 Å². The normalized spacial score (nSPS) is 11.1. The Morgan fingerprint density at radius 3 is 2.56 bits per heavy atom. The molecule has 0 saturated heterocycles. The number of thiocarbonyl (C=S) groups is 1. The van der Waals surface area contributed by atoms with Gasteiger partial charge in [-0.25, -0.2) is 4.72 Å². The quantitative estimate of drug-likeness (QED) is 0.688. The summed E-state index contributed by atoms with van der Waals surface area (Å²) in [4.78, 5) is 0.227. The van der Waals surface area contributed by atoms with Gasteiger partial charge in [-0.15, -0.1) is 0 Å². The summed E-state index contributed by atoms with van der Waals surface area (Å²) in [5, 5.41) is 0. The second-order valence-electron chi connectivity index (χ2n) is 3.20. The molecule has 0 aliphatic rings. The van der Waals surface area contributed by atoms with Gasteiger partial charge < -0.3 is 5.73 Å². The average Bonchev–Trinajstić information content (AvgIpc) is 2.21. The molecule has 0 radical (unpaired) electrons. The molecular formula is C9H13N3O2S2. The summed E-state index contributed by atoms with van der Waals surface area (Å²) < 4.78 is 27.2. The first-order valence-corrected chi connectivity index (χ1v) is 6.36. The molecule has 5 nitrogen and oxygen atoms in total. The van der Waals surface area contributed by atoms with Gasteiger partial charge in [0.15, 0.2) is 0 Å². The van der Waals surface area contributed by atoms with Gasteiger partial charge in [-0.1, -0.05) is 24.4 Å². The maximum Gasteiger partial charge on any atom is 0.298 e. The molecule has 1 aromatic carbocycles. The van der Waals surface area contributed by atoms with Gasteiger partial charge >= 0.3 is 0 Å². The monoisotopic (exact) mass is 259 g/mol. The minimum Gasteiger partial charge on any atom is -0.389 e. The Hall–Kier alpha value is -1.18. The van der Waals surface area contributed by atoms with E-state index >= 15 is 0 Å². The third-order valence-electron chi connectivity index (χ3n) is 2.04. The highest BCUT2D eigenvalue weighted by Gasteiger charge is 2.09. The molecule has 88 valence electrons. The van der Waals surface area contributed by atoms with E-state index in [1.807, 2.05) is 0 Å². The molecule has 0 atom stereocenters. The van der Waals surface area contributed by atoms with Crippen LogP contribution in [0.5, 0.6) is 0 Å². The Morgan fingerprint density at radius 1 is 1.44 bits per heavy atom. The van der Waals surface area contributed by atoms with Crippen molar-refractivity contribution < 1.29 is 8.42 Å². The molecule has 16 heavy (non-hydrogen) atoms. The van der Waals surface area contributed by atoms with E-state index in [9.17, 15) is 8.42 Å². The van der Waals surface area contributed by atoms with Crippen molar-refractivity contribution in [2.24, 2.45) is 5.73 Å². The summed E-state index contributed by atoms with van der Waals surface area (Å²) in [6, 6.07) is 5.10. The van der Waals surface area contributed by atoms with Gasteiger partial charge in [0.2, 0.25) is 0 Å². The summed E-state index contributed by atoms with van der Waals surface area (Å²) >= 11 is 4.82. The topological polar surface area (TPSA) is 84.2 Å². The summed E-state index contributed by atoms with van der Waals surface area (Å²) in [5.74, 6) is 0. The molecule has 0 aromatic heterocycles. The number of aryl methyl sites for hydroxylation is 1. The van der Waals surface area contributed by atoms with Crippen molar-refractivity contribution in [1.29, 1.82) is 0 Å². The van der Waals surface area contributed by atoms with Crippen molar-refractivity contribution in [3.8, 4) is 0 Å². The first-order chi connectivity index (χ1) is 7.35. The maximum absolute atomic E-state index is 11.3. The smallest absolute Gasteiger partial charge is 0.298 e. The zero-order valence-electron chi connectivity index (χ0n) is 8.94. The van der Waals surface area contributed by atoms with Gasteiger partial charge in [0.25, 0.3) is 10.2 Å². The fraction of sp³-hybridized carbons (Fsp3) is 0.222. The van der Waals surface area contributed by atoms with Crippen molar-refractivity contribution in [2.45, 2.75) is 6.92 Å². The van der Waals surface area contributed by atoms with Crippen molar-refractivity contribution in [1.82, 2.24) is 4.72 Å². The van der Waals surface area contributed by atoms with Crippen LogP contribution in [0.2, 0.25) is 0 Å². The first-order valence-electron chi connectivity index (χ1n) is 4.47.